The number of amides is 1. The fraction of sp³-hybridized carbons (Fsp3) is 0.350. The highest BCUT2D eigenvalue weighted by Crippen LogP contribution is 2.25. The molecular weight excluding hydrogens is 392 g/mol. The Hall–Kier alpha value is -2.97. The van der Waals surface area contributed by atoms with Crippen LogP contribution < -0.4 is 10.1 Å². The van der Waals surface area contributed by atoms with Crippen molar-refractivity contribution in [3.05, 3.63) is 59.2 Å². The number of rotatable bonds is 8. The second-order valence-corrected chi connectivity index (χ2v) is 6.39. The molecule has 0 aliphatic rings. The average Bonchev–Trinajstić information content (AvgIpc) is 2.66. The molecular formula is C20H20F4N2O3. The van der Waals surface area contributed by atoms with Crippen LogP contribution >= 0.6 is 0 Å². The SMILES string of the molecule is CCC(=O)Cc1cc(C(=O)NC(C)c2ccc(F)c(OCC(F)(F)F)c2)ccn1. The van der Waals surface area contributed by atoms with Crippen LogP contribution in [0.1, 0.15) is 47.9 Å². The Bertz CT molecular complexity index is 884. The molecule has 0 bridgehead atoms. The third-order valence-electron chi connectivity index (χ3n) is 4.05. The van der Waals surface area contributed by atoms with Crippen molar-refractivity contribution in [3.8, 4) is 5.75 Å². The topological polar surface area (TPSA) is 68.3 Å². The summed E-state index contributed by atoms with van der Waals surface area (Å²) in [5.74, 6) is -1.96. The van der Waals surface area contributed by atoms with Crippen molar-refractivity contribution in [2.24, 2.45) is 0 Å². The number of ketones is 1. The van der Waals surface area contributed by atoms with Gasteiger partial charge in [0.25, 0.3) is 5.91 Å². The van der Waals surface area contributed by atoms with E-state index in [0.717, 1.165) is 12.1 Å². The number of hydrogen-bond acceptors (Lipinski definition) is 4. The van der Waals surface area contributed by atoms with Gasteiger partial charge in [0.2, 0.25) is 0 Å². The molecule has 0 saturated carbocycles. The lowest BCUT2D eigenvalue weighted by atomic mass is 10.1. The highest BCUT2D eigenvalue weighted by Gasteiger charge is 2.29. The summed E-state index contributed by atoms with van der Waals surface area (Å²) in [5, 5.41) is 2.67. The van der Waals surface area contributed by atoms with Crippen LogP contribution in [-0.2, 0) is 11.2 Å². The Morgan fingerprint density at radius 1 is 1.21 bits per heavy atom. The minimum absolute atomic E-state index is 0.0128. The molecule has 29 heavy (non-hydrogen) atoms. The number of nitrogens with zero attached hydrogens (tertiary/aromatic N) is 1. The van der Waals surface area contributed by atoms with Crippen molar-refractivity contribution in [3.63, 3.8) is 0 Å². The van der Waals surface area contributed by atoms with E-state index in [4.69, 9.17) is 0 Å². The summed E-state index contributed by atoms with van der Waals surface area (Å²) in [6, 6.07) is 5.78. The molecule has 0 saturated heterocycles. The number of aromatic nitrogens is 1. The Morgan fingerprint density at radius 2 is 1.93 bits per heavy atom. The van der Waals surface area contributed by atoms with Crippen molar-refractivity contribution >= 4 is 11.7 Å². The first-order valence-corrected chi connectivity index (χ1v) is 8.85. The van der Waals surface area contributed by atoms with E-state index in [1.54, 1.807) is 13.8 Å². The molecule has 1 heterocycles. The van der Waals surface area contributed by atoms with Crippen LogP contribution in [-0.4, -0.2) is 29.5 Å². The van der Waals surface area contributed by atoms with Crippen LogP contribution in [0.4, 0.5) is 17.6 Å². The zero-order valence-electron chi connectivity index (χ0n) is 15.8. The summed E-state index contributed by atoms with van der Waals surface area (Å²) >= 11 is 0. The lowest BCUT2D eigenvalue weighted by Crippen LogP contribution is -2.27. The standard InChI is InChI=1S/C20H20F4N2O3/c1-3-16(27)10-15-8-14(6-7-25-15)19(28)26-12(2)13-4-5-17(21)18(9-13)29-11-20(22,23)24/h4-9,12H,3,10-11H2,1-2H3,(H,26,28). The summed E-state index contributed by atoms with van der Waals surface area (Å²) in [6.07, 6.45) is -2.71. The first-order chi connectivity index (χ1) is 13.6. The van der Waals surface area contributed by atoms with Crippen LogP contribution in [0.2, 0.25) is 0 Å². The van der Waals surface area contributed by atoms with Gasteiger partial charge in [-0.1, -0.05) is 13.0 Å². The maximum absolute atomic E-state index is 13.7. The second kappa shape index (κ2) is 9.49. The van der Waals surface area contributed by atoms with Gasteiger partial charge in [-0.25, -0.2) is 4.39 Å². The average molecular weight is 412 g/mol. The lowest BCUT2D eigenvalue weighted by molar-refractivity contribution is -0.153. The summed E-state index contributed by atoms with van der Waals surface area (Å²) in [7, 11) is 0. The summed E-state index contributed by atoms with van der Waals surface area (Å²) < 4.78 is 55.1. The molecule has 0 aliphatic heterocycles. The summed E-state index contributed by atoms with van der Waals surface area (Å²) in [4.78, 5) is 28.1. The van der Waals surface area contributed by atoms with Crippen molar-refractivity contribution < 1.29 is 31.9 Å². The number of nitrogens with one attached hydrogen (secondary N) is 1. The number of Topliss-reactive ketones (excluding diaryl/α,β-unsaturated/α-hetero) is 1. The van der Waals surface area contributed by atoms with Gasteiger partial charge in [-0.15, -0.1) is 0 Å². The van der Waals surface area contributed by atoms with E-state index in [-0.39, 0.29) is 17.8 Å². The summed E-state index contributed by atoms with van der Waals surface area (Å²) in [5.41, 5.74) is 1.11. The van der Waals surface area contributed by atoms with E-state index in [1.807, 2.05) is 0 Å². The molecule has 156 valence electrons. The van der Waals surface area contributed by atoms with E-state index in [9.17, 15) is 27.2 Å². The Labute approximate surface area is 165 Å². The molecule has 2 aromatic rings. The number of benzene rings is 1. The molecule has 1 atom stereocenters. The lowest BCUT2D eigenvalue weighted by Gasteiger charge is -2.17. The second-order valence-electron chi connectivity index (χ2n) is 6.39. The van der Waals surface area contributed by atoms with E-state index >= 15 is 0 Å². The minimum Gasteiger partial charge on any atom is -0.481 e. The van der Waals surface area contributed by atoms with Gasteiger partial charge in [-0.3, -0.25) is 14.6 Å². The fourth-order valence-electron chi connectivity index (χ4n) is 2.47. The molecule has 0 radical (unpaired) electrons. The Morgan fingerprint density at radius 3 is 2.59 bits per heavy atom. The fourth-order valence-corrected chi connectivity index (χ4v) is 2.47. The first kappa shape index (κ1) is 22.3. The van der Waals surface area contributed by atoms with Gasteiger partial charge in [-0.05, 0) is 36.8 Å². The highest BCUT2D eigenvalue weighted by atomic mass is 19.4. The third-order valence-corrected chi connectivity index (χ3v) is 4.05. The maximum atomic E-state index is 13.7. The molecule has 0 spiro atoms. The molecule has 0 fully saturated rings. The van der Waals surface area contributed by atoms with Gasteiger partial charge >= 0.3 is 6.18 Å². The smallest absolute Gasteiger partial charge is 0.422 e. The van der Waals surface area contributed by atoms with Crippen LogP contribution in [0.3, 0.4) is 0 Å². The van der Waals surface area contributed by atoms with E-state index in [2.05, 4.69) is 15.0 Å². The number of hydrogen-bond donors (Lipinski definition) is 1. The number of halogens is 4. The van der Waals surface area contributed by atoms with Gasteiger partial charge in [-0.2, -0.15) is 13.2 Å². The van der Waals surface area contributed by atoms with Crippen LogP contribution in [0.15, 0.2) is 36.5 Å². The third kappa shape index (κ3) is 6.85. The zero-order valence-corrected chi connectivity index (χ0v) is 15.8. The van der Waals surface area contributed by atoms with E-state index in [0.29, 0.717) is 17.7 Å². The number of ether oxygens (including phenoxy) is 1. The van der Waals surface area contributed by atoms with Crippen molar-refractivity contribution in [1.29, 1.82) is 0 Å². The normalized spacial score (nSPS) is 12.3. The molecule has 1 aromatic heterocycles. The van der Waals surface area contributed by atoms with Gasteiger partial charge < -0.3 is 10.1 Å². The van der Waals surface area contributed by atoms with Gasteiger partial charge in [0.15, 0.2) is 18.2 Å². The van der Waals surface area contributed by atoms with Gasteiger partial charge in [0, 0.05) is 30.3 Å². The molecule has 2 rings (SSSR count). The summed E-state index contributed by atoms with van der Waals surface area (Å²) in [6.45, 7) is 1.71. The number of carbonyl (C=O) groups is 2. The Balaban J connectivity index is 2.09. The van der Waals surface area contributed by atoms with E-state index < -0.39 is 36.3 Å². The highest BCUT2D eigenvalue weighted by molar-refractivity contribution is 5.94. The van der Waals surface area contributed by atoms with Gasteiger partial charge in [0.1, 0.15) is 5.78 Å². The van der Waals surface area contributed by atoms with Crippen molar-refractivity contribution in [2.75, 3.05) is 6.61 Å². The zero-order chi connectivity index (χ0) is 21.6. The quantitative estimate of drug-likeness (QED) is 0.661. The predicted molar refractivity (Wildman–Crippen MR) is 97.1 cm³/mol. The Kier molecular flexibility index (Phi) is 7.30. The number of carbonyl (C=O) groups excluding carboxylic acids is 2. The van der Waals surface area contributed by atoms with Crippen molar-refractivity contribution in [2.45, 2.75) is 38.9 Å². The number of pyridine rings is 1. The van der Waals surface area contributed by atoms with Crippen LogP contribution in [0, 0.1) is 5.82 Å². The molecule has 9 heteroatoms. The maximum Gasteiger partial charge on any atom is 0.422 e. The molecule has 1 aromatic carbocycles. The molecule has 0 aliphatic carbocycles. The molecule has 1 N–H and O–H groups in total. The molecule has 1 unspecified atom stereocenters. The van der Waals surface area contributed by atoms with Crippen molar-refractivity contribution in [1.82, 2.24) is 10.3 Å². The molecule has 1 amide bonds. The monoisotopic (exact) mass is 412 g/mol. The van der Waals surface area contributed by atoms with Crippen LogP contribution in [0.5, 0.6) is 5.75 Å². The molecule has 5 nitrogen and oxygen atoms in total. The van der Waals surface area contributed by atoms with Crippen LogP contribution in [0.25, 0.3) is 0 Å². The minimum atomic E-state index is -4.60. The van der Waals surface area contributed by atoms with Gasteiger partial charge in [0.05, 0.1) is 6.04 Å². The first-order valence-electron chi connectivity index (χ1n) is 8.85. The number of alkyl halides is 3. The largest absolute Gasteiger partial charge is 0.481 e. The van der Waals surface area contributed by atoms with E-state index in [1.165, 1.54) is 24.4 Å². The predicted octanol–water partition coefficient (Wildman–Crippen LogP) is 4.17.